The third kappa shape index (κ3) is 5.07. The number of para-hydroxylation sites is 2. The van der Waals surface area contributed by atoms with Gasteiger partial charge in [0, 0.05) is 17.5 Å². The van der Waals surface area contributed by atoms with E-state index >= 15 is 0 Å². The van der Waals surface area contributed by atoms with Crippen LogP contribution in [0.3, 0.4) is 0 Å². The first-order chi connectivity index (χ1) is 12.7. The third-order valence-electron chi connectivity index (χ3n) is 3.53. The summed E-state index contributed by atoms with van der Waals surface area (Å²) in [5.74, 6) is 0.924. The van der Waals surface area contributed by atoms with Gasteiger partial charge in [-0.15, -0.1) is 11.3 Å². The lowest BCUT2D eigenvalue weighted by Gasteiger charge is -2.10. The van der Waals surface area contributed by atoms with Crippen LogP contribution in [0, 0.1) is 0 Å². The van der Waals surface area contributed by atoms with Crippen molar-refractivity contribution in [3.63, 3.8) is 0 Å². The maximum absolute atomic E-state index is 12.1. The number of rotatable bonds is 8. The standard InChI is InChI=1S/C20H20N2O3S/c1-2-24-17-10-6-7-11-18(17)25-14-19(23)22-20-21-13-16(26-20)12-15-8-4-3-5-9-15/h3-11,13H,2,12,14H2,1H3,(H,21,22,23). The molecule has 1 heterocycles. The van der Waals surface area contributed by atoms with Gasteiger partial charge in [-0.1, -0.05) is 42.5 Å². The molecule has 0 aliphatic rings. The van der Waals surface area contributed by atoms with E-state index < -0.39 is 0 Å². The number of anilines is 1. The molecule has 5 nitrogen and oxygen atoms in total. The van der Waals surface area contributed by atoms with Gasteiger partial charge in [-0.05, 0) is 24.6 Å². The van der Waals surface area contributed by atoms with Gasteiger partial charge in [0.1, 0.15) is 0 Å². The molecule has 0 aliphatic heterocycles. The predicted octanol–water partition coefficient (Wildman–Crippen LogP) is 4.15. The number of carbonyl (C=O) groups is 1. The van der Waals surface area contributed by atoms with E-state index in [4.69, 9.17) is 9.47 Å². The van der Waals surface area contributed by atoms with Crippen molar-refractivity contribution < 1.29 is 14.3 Å². The molecule has 0 aliphatic carbocycles. The van der Waals surface area contributed by atoms with Crippen LogP contribution in [0.5, 0.6) is 11.5 Å². The van der Waals surface area contributed by atoms with Crippen LogP contribution in [0.25, 0.3) is 0 Å². The number of thiazole rings is 1. The van der Waals surface area contributed by atoms with Gasteiger partial charge >= 0.3 is 0 Å². The number of benzene rings is 2. The van der Waals surface area contributed by atoms with Crippen LogP contribution in [0.2, 0.25) is 0 Å². The monoisotopic (exact) mass is 368 g/mol. The van der Waals surface area contributed by atoms with Gasteiger partial charge < -0.3 is 9.47 Å². The normalized spacial score (nSPS) is 10.3. The molecule has 0 bridgehead atoms. The Morgan fingerprint density at radius 1 is 1.04 bits per heavy atom. The van der Waals surface area contributed by atoms with Crippen LogP contribution in [0.15, 0.2) is 60.8 Å². The SMILES string of the molecule is CCOc1ccccc1OCC(=O)Nc1ncc(Cc2ccccc2)s1. The molecule has 0 atom stereocenters. The Kier molecular flexibility index (Phi) is 6.22. The lowest BCUT2D eigenvalue weighted by atomic mass is 10.1. The highest BCUT2D eigenvalue weighted by molar-refractivity contribution is 7.15. The first-order valence-corrected chi connectivity index (χ1v) is 9.19. The van der Waals surface area contributed by atoms with E-state index in [0.29, 0.717) is 23.2 Å². The Bertz CT molecular complexity index is 849. The molecule has 0 saturated carbocycles. The second kappa shape index (κ2) is 9.01. The van der Waals surface area contributed by atoms with Crippen LogP contribution in [-0.2, 0) is 11.2 Å². The van der Waals surface area contributed by atoms with E-state index in [1.54, 1.807) is 12.3 Å². The fourth-order valence-electron chi connectivity index (χ4n) is 2.39. The zero-order valence-electron chi connectivity index (χ0n) is 14.5. The molecule has 2 aromatic carbocycles. The van der Waals surface area contributed by atoms with Gasteiger partial charge in [-0.25, -0.2) is 4.98 Å². The molecular weight excluding hydrogens is 348 g/mol. The van der Waals surface area contributed by atoms with Crippen LogP contribution in [0.4, 0.5) is 5.13 Å². The maximum Gasteiger partial charge on any atom is 0.264 e. The summed E-state index contributed by atoms with van der Waals surface area (Å²) in [5.41, 5.74) is 1.21. The van der Waals surface area contributed by atoms with Gasteiger partial charge in [0.25, 0.3) is 5.91 Å². The van der Waals surface area contributed by atoms with Crippen molar-refractivity contribution in [2.45, 2.75) is 13.3 Å². The average Bonchev–Trinajstić information content (AvgIpc) is 3.09. The highest BCUT2D eigenvalue weighted by Gasteiger charge is 2.10. The zero-order valence-corrected chi connectivity index (χ0v) is 15.3. The Morgan fingerprint density at radius 3 is 2.46 bits per heavy atom. The summed E-state index contributed by atoms with van der Waals surface area (Å²) in [6.45, 7) is 2.34. The number of nitrogens with zero attached hydrogens (tertiary/aromatic N) is 1. The fourth-order valence-corrected chi connectivity index (χ4v) is 3.25. The minimum Gasteiger partial charge on any atom is -0.490 e. The van der Waals surface area contributed by atoms with Crippen LogP contribution in [0.1, 0.15) is 17.4 Å². The number of ether oxygens (including phenoxy) is 2. The number of aromatic nitrogens is 1. The summed E-state index contributed by atoms with van der Waals surface area (Å²) in [7, 11) is 0. The highest BCUT2D eigenvalue weighted by Crippen LogP contribution is 2.26. The fraction of sp³-hybridized carbons (Fsp3) is 0.200. The number of hydrogen-bond acceptors (Lipinski definition) is 5. The maximum atomic E-state index is 12.1. The Morgan fingerprint density at radius 2 is 1.73 bits per heavy atom. The molecule has 1 amide bonds. The Balaban J connectivity index is 1.53. The smallest absolute Gasteiger partial charge is 0.264 e. The number of nitrogens with one attached hydrogen (secondary N) is 1. The molecule has 0 fully saturated rings. The summed E-state index contributed by atoms with van der Waals surface area (Å²) >= 11 is 1.47. The van der Waals surface area contributed by atoms with E-state index in [0.717, 1.165) is 11.3 Å². The van der Waals surface area contributed by atoms with Gasteiger partial charge in [0.05, 0.1) is 6.61 Å². The van der Waals surface area contributed by atoms with Crippen LogP contribution in [-0.4, -0.2) is 24.1 Å². The number of amides is 1. The predicted molar refractivity (Wildman–Crippen MR) is 103 cm³/mol. The van der Waals surface area contributed by atoms with Crippen molar-refractivity contribution in [1.29, 1.82) is 0 Å². The second-order valence-corrected chi connectivity index (χ2v) is 6.63. The topological polar surface area (TPSA) is 60.5 Å². The van der Waals surface area contributed by atoms with Gasteiger partial charge in [0.15, 0.2) is 23.2 Å². The first-order valence-electron chi connectivity index (χ1n) is 8.37. The third-order valence-corrected chi connectivity index (χ3v) is 4.44. The molecule has 0 unspecified atom stereocenters. The van der Waals surface area contributed by atoms with E-state index in [-0.39, 0.29) is 12.5 Å². The van der Waals surface area contributed by atoms with Crippen LogP contribution >= 0.6 is 11.3 Å². The lowest BCUT2D eigenvalue weighted by molar-refractivity contribution is -0.118. The molecular formula is C20H20N2O3S. The second-order valence-electron chi connectivity index (χ2n) is 5.51. The summed E-state index contributed by atoms with van der Waals surface area (Å²) in [5, 5.41) is 3.34. The van der Waals surface area contributed by atoms with Gasteiger partial charge in [-0.2, -0.15) is 0 Å². The number of carbonyl (C=O) groups excluding carboxylic acids is 1. The molecule has 3 aromatic rings. The van der Waals surface area contributed by atoms with Crippen molar-refractivity contribution in [2.24, 2.45) is 0 Å². The Hall–Kier alpha value is -2.86. The summed E-state index contributed by atoms with van der Waals surface area (Å²) in [6.07, 6.45) is 2.59. The van der Waals surface area contributed by atoms with Crippen molar-refractivity contribution in [3.05, 3.63) is 71.2 Å². The highest BCUT2D eigenvalue weighted by atomic mass is 32.1. The van der Waals surface area contributed by atoms with E-state index in [1.807, 2.05) is 43.3 Å². The number of hydrogen-bond donors (Lipinski definition) is 1. The van der Waals surface area contributed by atoms with Gasteiger partial charge in [-0.3, -0.25) is 10.1 Å². The van der Waals surface area contributed by atoms with Gasteiger partial charge in [0.2, 0.25) is 0 Å². The molecule has 0 saturated heterocycles. The minimum absolute atomic E-state index is 0.0995. The molecule has 26 heavy (non-hydrogen) atoms. The molecule has 1 aromatic heterocycles. The summed E-state index contributed by atoms with van der Waals surface area (Å²) in [4.78, 5) is 17.5. The molecule has 6 heteroatoms. The van der Waals surface area contributed by atoms with Crippen LogP contribution < -0.4 is 14.8 Å². The average molecular weight is 368 g/mol. The van der Waals surface area contributed by atoms with Crippen molar-refractivity contribution in [3.8, 4) is 11.5 Å². The van der Waals surface area contributed by atoms with E-state index in [1.165, 1.54) is 16.9 Å². The molecule has 0 radical (unpaired) electrons. The molecule has 134 valence electrons. The summed E-state index contributed by atoms with van der Waals surface area (Å²) in [6, 6.07) is 17.4. The minimum atomic E-state index is -0.253. The van der Waals surface area contributed by atoms with Crippen molar-refractivity contribution in [2.75, 3.05) is 18.5 Å². The van der Waals surface area contributed by atoms with E-state index in [9.17, 15) is 4.79 Å². The largest absolute Gasteiger partial charge is 0.490 e. The molecule has 1 N–H and O–H groups in total. The summed E-state index contributed by atoms with van der Waals surface area (Å²) < 4.78 is 11.0. The van der Waals surface area contributed by atoms with Crippen molar-refractivity contribution >= 4 is 22.4 Å². The quantitative estimate of drug-likeness (QED) is 0.649. The van der Waals surface area contributed by atoms with Crippen molar-refractivity contribution in [1.82, 2.24) is 4.98 Å². The Labute approximate surface area is 156 Å². The molecule has 0 spiro atoms. The molecule has 3 rings (SSSR count). The zero-order chi connectivity index (χ0) is 18.2. The lowest BCUT2D eigenvalue weighted by Crippen LogP contribution is -2.20. The van der Waals surface area contributed by atoms with E-state index in [2.05, 4.69) is 22.4 Å². The first kappa shape index (κ1) is 17.9.